The summed E-state index contributed by atoms with van der Waals surface area (Å²) < 4.78 is 1.75. The summed E-state index contributed by atoms with van der Waals surface area (Å²) in [5.41, 5.74) is 9.76. The van der Waals surface area contributed by atoms with E-state index in [1.807, 2.05) is 24.4 Å². The van der Waals surface area contributed by atoms with Gasteiger partial charge in [-0.3, -0.25) is 9.20 Å². The van der Waals surface area contributed by atoms with Crippen LogP contribution in [0.3, 0.4) is 0 Å². The van der Waals surface area contributed by atoms with Gasteiger partial charge in [-0.1, -0.05) is 18.2 Å². The summed E-state index contributed by atoms with van der Waals surface area (Å²) in [6.45, 7) is 2.24. The molecule has 0 saturated carbocycles. The molecule has 1 aromatic carbocycles. The molecule has 1 saturated heterocycles. The minimum atomic E-state index is -0.466. The summed E-state index contributed by atoms with van der Waals surface area (Å²) >= 11 is 0. The molecular weight excluding hydrogens is 340 g/mol. The Bertz CT molecular complexity index is 940. The Labute approximate surface area is 158 Å². The molecule has 2 aromatic heterocycles. The molecule has 140 valence electrons. The molecule has 1 aliphatic rings. The van der Waals surface area contributed by atoms with Crippen molar-refractivity contribution >= 4 is 17.2 Å². The molecule has 0 bridgehead atoms. The summed E-state index contributed by atoms with van der Waals surface area (Å²) in [4.78, 5) is 18.9. The second kappa shape index (κ2) is 7.40. The number of carbonyl (C=O) groups is 1. The Morgan fingerprint density at radius 3 is 2.56 bits per heavy atom. The Morgan fingerprint density at radius 1 is 1.15 bits per heavy atom. The lowest BCUT2D eigenvalue weighted by atomic mass is 9.97. The summed E-state index contributed by atoms with van der Waals surface area (Å²) in [5, 5.41) is 9.28. The number of imidazole rings is 1. The van der Waals surface area contributed by atoms with Gasteiger partial charge in [-0.05, 0) is 48.6 Å². The second-order valence-electron chi connectivity index (χ2n) is 7.16. The number of pyridine rings is 1. The lowest BCUT2D eigenvalue weighted by molar-refractivity contribution is 0.0994. The van der Waals surface area contributed by atoms with Crippen LogP contribution in [0, 0.1) is 5.92 Å². The lowest BCUT2D eigenvalue weighted by Gasteiger charge is -2.33. The van der Waals surface area contributed by atoms with Gasteiger partial charge in [-0.15, -0.1) is 0 Å². The predicted molar refractivity (Wildman–Crippen MR) is 105 cm³/mol. The van der Waals surface area contributed by atoms with Gasteiger partial charge in [0.25, 0.3) is 5.91 Å². The van der Waals surface area contributed by atoms with Crippen molar-refractivity contribution in [3.05, 3.63) is 65.6 Å². The predicted octanol–water partition coefficient (Wildman–Crippen LogP) is 2.23. The number of primary amides is 1. The number of nitrogens with zero attached hydrogens (tertiary/aromatic N) is 3. The number of hydrogen-bond donors (Lipinski definition) is 2. The number of anilines is 1. The molecule has 3 heterocycles. The Morgan fingerprint density at radius 2 is 1.89 bits per heavy atom. The third-order valence-corrected chi connectivity index (χ3v) is 5.38. The number of aliphatic hydroxyl groups is 1. The normalized spacial score (nSPS) is 15.4. The van der Waals surface area contributed by atoms with Gasteiger partial charge in [0, 0.05) is 38.0 Å². The first-order valence-electron chi connectivity index (χ1n) is 9.36. The molecule has 0 radical (unpaired) electrons. The van der Waals surface area contributed by atoms with Gasteiger partial charge in [-0.2, -0.15) is 0 Å². The second-order valence-corrected chi connectivity index (χ2v) is 7.16. The van der Waals surface area contributed by atoms with Crippen LogP contribution in [-0.4, -0.2) is 40.1 Å². The minimum Gasteiger partial charge on any atom is -0.396 e. The van der Waals surface area contributed by atoms with E-state index in [0.29, 0.717) is 23.7 Å². The highest BCUT2D eigenvalue weighted by molar-refractivity contribution is 5.93. The van der Waals surface area contributed by atoms with Crippen LogP contribution in [0.2, 0.25) is 0 Å². The first-order valence-corrected chi connectivity index (χ1v) is 9.36. The molecule has 6 nitrogen and oxygen atoms in total. The summed E-state index contributed by atoms with van der Waals surface area (Å²) in [6.07, 6.45) is 4.43. The summed E-state index contributed by atoms with van der Waals surface area (Å²) in [5.74, 6) is -0.0325. The molecule has 6 heteroatoms. The van der Waals surface area contributed by atoms with E-state index in [0.717, 1.165) is 37.1 Å². The van der Waals surface area contributed by atoms with E-state index in [2.05, 4.69) is 34.1 Å². The Balaban J connectivity index is 1.53. The largest absolute Gasteiger partial charge is 0.396 e. The van der Waals surface area contributed by atoms with Gasteiger partial charge in [0.2, 0.25) is 0 Å². The van der Waals surface area contributed by atoms with Crippen LogP contribution in [0.4, 0.5) is 5.69 Å². The highest BCUT2D eigenvalue weighted by Gasteiger charge is 2.19. The van der Waals surface area contributed by atoms with Crippen molar-refractivity contribution < 1.29 is 9.90 Å². The SMILES string of the molecule is NC(=O)c1c(Cc2ccc(N3CCC(CO)CC3)cc2)nc2ccccn12. The molecule has 3 N–H and O–H groups in total. The first-order chi connectivity index (χ1) is 13.2. The zero-order chi connectivity index (χ0) is 18.8. The number of amides is 1. The van der Waals surface area contributed by atoms with Gasteiger partial charge >= 0.3 is 0 Å². The summed E-state index contributed by atoms with van der Waals surface area (Å²) in [6, 6.07) is 14.0. The maximum absolute atomic E-state index is 11.9. The summed E-state index contributed by atoms with van der Waals surface area (Å²) in [7, 11) is 0. The van der Waals surface area contributed by atoms with E-state index >= 15 is 0 Å². The first kappa shape index (κ1) is 17.5. The van der Waals surface area contributed by atoms with Crippen molar-refractivity contribution in [2.24, 2.45) is 11.7 Å². The average molecular weight is 364 g/mol. The van der Waals surface area contributed by atoms with Crippen molar-refractivity contribution in [1.82, 2.24) is 9.38 Å². The van der Waals surface area contributed by atoms with Crippen LogP contribution in [0.5, 0.6) is 0 Å². The third-order valence-electron chi connectivity index (χ3n) is 5.38. The van der Waals surface area contributed by atoms with Crippen LogP contribution in [-0.2, 0) is 6.42 Å². The fraction of sp³-hybridized carbons (Fsp3) is 0.333. The van der Waals surface area contributed by atoms with Crippen molar-refractivity contribution in [2.75, 3.05) is 24.6 Å². The molecular formula is C21H24N4O2. The number of carbonyl (C=O) groups excluding carboxylic acids is 1. The number of piperidine rings is 1. The topological polar surface area (TPSA) is 83.9 Å². The molecule has 3 aromatic rings. The van der Waals surface area contributed by atoms with Gasteiger partial charge < -0.3 is 15.7 Å². The van der Waals surface area contributed by atoms with Crippen LogP contribution >= 0.6 is 0 Å². The van der Waals surface area contributed by atoms with Crippen LogP contribution < -0.4 is 10.6 Å². The van der Waals surface area contributed by atoms with Crippen molar-refractivity contribution in [3.8, 4) is 0 Å². The van der Waals surface area contributed by atoms with Gasteiger partial charge in [0.15, 0.2) is 0 Å². The van der Waals surface area contributed by atoms with E-state index in [-0.39, 0.29) is 6.61 Å². The quantitative estimate of drug-likeness (QED) is 0.727. The zero-order valence-electron chi connectivity index (χ0n) is 15.2. The molecule has 1 aliphatic heterocycles. The van der Waals surface area contributed by atoms with Crippen molar-refractivity contribution in [2.45, 2.75) is 19.3 Å². The molecule has 0 spiro atoms. The van der Waals surface area contributed by atoms with E-state index in [4.69, 9.17) is 5.73 Å². The number of nitrogens with two attached hydrogens (primary N) is 1. The van der Waals surface area contributed by atoms with Gasteiger partial charge in [0.05, 0.1) is 5.69 Å². The van der Waals surface area contributed by atoms with Gasteiger partial charge in [-0.25, -0.2) is 4.98 Å². The van der Waals surface area contributed by atoms with E-state index in [9.17, 15) is 9.90 Å². The van der Waals surface area contributed by atoms with E-state index < -0.39 is 5.91 Å². The fourth-order valence-electron chi connectivity index (χ4n) is 3.82. The molecule has 0 unspecified atom stereocenters. The molecule has 0 aliphatic carbocycles. The van der Waals surface area contributed by atoms with Crippen LogP contribution in [0.1, 0.15) is 34.6 Å². The number of rotatable bonds is 5. The molecule has 0 atom stereocenters. The number of benzene rings is 1. The average Bonchev–Trinajstić information content (AvgIpc) is 3.06. The lowest BCUT2D eigenvalue weighted by Crippen LogP contribution is -2.34. The maximum atomic E-state index is 11.9. The molecule has 27 heavy (non-hydrogen) atoms. The van der Waals surface area contributed by atoms with E-state index in [1.165, 1.54) is 5.69 Å². The van der Waals surface area contributed by atoms with Crippen LogP contribution in [0.25, 0.3) is 5.65 Å². The minimum absolute atomic E-state index is 0.286. The fourth-order valence-corrected chi connectivity index (χ4v) is 3.82. The van der Waals surface area contributed by atoms with Crippen molar-refractivity contribution in [1.29, 1.82) is 0 Å². The smallest absolute Gasteiger partial charge is 0.267 e. The molecule has 4 rings (SSSR count). The standard InChI is InChI=1S/C21H24N4O2/c22-21(27)20-18(23-19-3-1-2-10-25(19)20)13-15-4-6-17(7-5-15)24-11-8-16(14-26)9-12-24/h1-7,10,16,26H,8-9,11-14H2,(H2,22,27). The number of fused-ring (bicyclic) bond motifs is 1. The van der Waals surface area contributed by atoms with E-state index in [1.54, 1.807) is 4.40 Å². The highest BCUT2D eigenvalue weighted by Crippen LogP contribution is 2.24. The zero-order valence-corrected chi connectivity index (χ0v) is 15.2. The van der Waals surface area contributed by atoms with Gasteiger partial charge in [0.1, 0.15) is 11.3 Å². The van der Waals surface area contributed by atoms with Crippen molar-refractivity contribution in [3.63, 3.8) is 0 Å². The number of hydrogen-bond acceptors (Lipinski definition) is 4. The molecule has 1 amide bonds. The number of aliphatic hydroxyl groups excluding tert-OH is 1. The monoisotopic (exact) mass is 364 g/mol. The maximum Gasteiger partial charge on any atom is 0.267 e. The molecule has 1 fully saturated rings. The Kier molecular flexibility index (Phi) is 4.81. The highest BCUT2D eigenvalue weighted by atomic mass is 16.3. The Hall–Kier alpha value is -2.86. The van der Waals surface area contributed by atoms with Crippen LogP contribution in [0.15, 0.2) is 48.7 Å². The number of aromatic nitrogens is 2. The third kappa shape index (κ3) is 3.53.